The van der Waals surface area contributed by atoms with Crippen molar-refractivity contribution in [3.05, 3.63) is 46.9 Å². The summed E-state index contributed by atoms with van der Waals surface area (Å²) in [7, 11) is 0. The number of nitrogens with one attached hydrogen (secondary N) is 1. The van der Waals surface area contributed by atoms with Crippen molar-refractivity contribution in [3.8, 4) is 11.3 Å². The van der Waals surface area contributed by atoms with Crippen LogP contribution in [-0.4, -0.2) is 34.1 Å². The lowest BCUT2D eigenvalue weighted by Crippen LogP contribution is -2.10. The average molecular weight is 318 g/mol. The third-order valence-corrected chi connectivity index (χ3v) is 4.26. The van der Waals surface area contributed by atoms with Crippen LogP contribution in [0.5, 0.6) is 0 Å². The summed E-state index contributed by atoms with van der Waals surface area (Å²) < 4.78 is 0. The van der Waals surface area contributed by atoms with Gasteiger partial charge in [-0.1, -0.05) is 23.7 Å². The van der Waals surface area contributed by atoms with Gasteiger partial charge in [0.1, 0.15) is 6.33 Å². The van der Waals surface area contributed by atoms with Gasteiger partial charge in [0.2, 0.25) is 0 Å². The van der Waals surface area contributed by atoms with Crippen LogP contribution in [0.15, 0.2) is 30.6 Å². The van der Waals surface area contributed by atoms with E-state index in [0.29, 0.717) is 16.6 Å². The molecule has 0 saturated carbocycles. The molecule has 1 saturated heterocycles. The van der Waals surface area contributed by atoms with Gasteiger partial charge >= 0.3 is 5.97 Å². The van der Waals surface area contributed by atoms with Crippen LogP contribution in [0, 0.1) is 5.92 Å². The largest absolute Gasteiger partial charge is 0.477 e. The minimum Gasteiger partial charge on any atom is -0.477 e. The Morgan fingerprint density at radius 2 is 2.23 bits per heavy atom. The number of carboxylic acids is 1. The number of carboxylic acid groups (broad SMARTS) is 1. The van der Waals surface area contributed by atoms with Crippen molar-refractivity contribution in [2.24, 2.45) is 5.92 Å². The molecule has 2 N–H and O–H groups in total. The highest BCUT2D eigenvalue weighted by Crippen LogP contribution is 2.27. The Morgan fingerprint density at radius 3 is 2.91 bits per heavy atom. The molecule has 1 aromatic heterocycles. The molecule has 2 aromatic rings. The minimum absolute atomic E-state index is 0.0257. The summed E-state index contributed by atoms with van der Waals surface area (Å²) in [5.74, 6) is -0.443. The van der Waals surface area contributed by atoms with Gasteiger partial charge in [0.05, 0.1) is 5.69 Å². The summed E-state index contributed by atoms with van der Waals surface area (Å²) >= 11 is 6.38. The molecule has 6 heteroatoms. The molecule has 1 aromatic carbocycles. The van der Waals surface area contributed by atoms with Crippen molar-refractivity contribution in [1.29, 1.82) is 0 Å². The molecule has 2 heterocycles. The number of carbonyl (C=O) groups is 1. The standard InChI is InChI=1S/C16H16ClN3O2/c17-13-6-12(14-7-15(16(21)22)20-9-19-14)2-1-11(13)5-10-3-4-18-8-10/h1-2,6-7,9-10,18H,3-5,8H2,(H,21,22). The number of hydrogen-bond acceptors (Lipinski definition) is 4. The van der Waals surface area contributed by atoms with E-state index in [1.165, 1.54) is 18.8 Å². The van der Waals surface area contributed by atoms with Crippen LogP contribution in [-0.2, 0) is 6.42 Å². The van der Waals surface area contributed by atoms with E-state index < -0.39 is 5.97 Å². The lowest BCUT2D eigenvalue weighted by atomic mass is 9.97. The van der Waals surface area contributed by atoms with Crippen LogP contribution in [0.1, 0.15) is 22.5 Å². The van der Waals surface area contributed by atoms with Gasteiger partial charge in [0.25, 0.3) is 0 Å². The Balaban J connectivity index is 1.84. The van der Waals surface area contributed by atoms with Gasteiger partial charge < -0.3 is 10.4 Å². The summed E-state index contributed by atoms with van der Waals surface area (Å²) in [5, 5.41) is 13.0. The molecule has 114 valence electrons. The first-order valence-corrected chi connectivity index (χ1v) is 7.56. The quantitative estimate of drug-likeness (QED) is 0.906. The Labute approximate surface area is 133 Å². The molecule has 0 amide bonds. The fourth-order valence-corrected chi connectivity index (χ4v) is 2.96. The third-order valence-electron chi connectivity index (χ3n) is 3.91. The SMILES string of the molecule is O=C(O)c1cc(-c2ccc(CC3CCNC3)c(Cl)c2)ncn1. The Hall–Kier alpha value is -1.98. The van der Waals surface area contributed by atoms with E-state index >= 15 is 0 Å². The number of rotatable bonds is 4. The van der Waals surface area contributed by atoms with E-state index in [1.807, 2.05) is 18.2 Å². The van der Waals surface area contributed by atoms with Crippen molar-refractivity contribution in [1.82, 2.24) is 15.3 Å². The van der Waals surface area contributed by atoms with Gasteiger partial charge in [-0.25, -0.2) is 14.8 Å². The van der Waals surface area contributed by atoms with Crippen LogP contribution in [0.25, 0.3) is 11.3 Å². The molecule has 1 atom stereocenters. The molecule has 0 radical (unpaired) electrons. The van der Waals surface area contributed by atoms with E-state index in [9.17, 15) is 4.79 Å². The van der Waals surface area contributed by atoms with E-state index in [2.05, 4.69) is 15.3 Å². The Morgan fingerprint density at radius 1 is 1.36 bits per heavy atom. The minimum atomic E-state index is -1.07. The molecular formula is C16H16ClN3O2. The van der Waals surface area contributed by atoms with Gasteiger partial charge in [0, 0.05) is 10.6 Å². The zero-order valence-electron chi connectivity index (χ0n) is 11.9. The predicted octanol–water partition coefficient (Wildman–Crippen LogP) is 2.65. The van der Waals surface area contributed by atoms with Gasteiger partial charge in [0.15, 0.2) is 5.69 Å². The lowest BCUT2D eigenvalue weighted by molar-refractivity contribution is 0.0690. The summed E-state index contributed by atoms with van der Waals surface area (Å²) in [5.41, 5.74) is 2.44. The van der Waals surface area contributed by atoms with Crippen LogP contribution in [0.4, 0.5) is 0 Å². The van der Waals surface area contributed by atoms with E-state index in [4.69, 9.17) is 16.7 Å². The average Bonchev–Trinajstić information content (AvgIpc) is 3.02. The number of nitrogens with zero attached hydrogens (tertiary/aromatic N) is 2. The first-order valence-electron chi connectivity index (χ1n) is 7.18. The Kier molecular flexibility index (Phi) is 4.36. The number of aromatic carboxylic acids is 1. The van der Waals surface area contributed by atoms with Crippen molar-refractivity contribution >= 4 is 17.6 Å². The predicted molar refractivity (Wildman–Crippen MR) is 84.1 cm³/mol. The lowest BCUT2D eigenvalue weighted by Gasteiger charge is -2.11. The van der Waals surface area contributed by atoms with Gasteiger partial charge in [-0.3, -0.25) is 0 Å². The second-order valence-electron chi connectivity index (χ2n) is 5.46. The first kappa shape index (κ1) is 14.9. The molecule has 1 aliphatic heterocycles. The highest BCUT2D eigenvalue weighted by molar-refractivity contribution is 6.31. The normalized spacial score (nSPS) is 17.6. The third kappa shape index (κ3) is 3.26. The van der Waals surface area contributed by atoms with Crippen molar-refractivity contribution in [2.45, 2.75) is 12.8 Å². The summed E-state index contributed by atoms with van der Waals surface area (Å²) in [6.07, 6.45) is 3.38. The second kappa shape index (κ2) is 6.42. The van der Waals surface area contributed by atoms with E-state index in [0.717, 1.165) is 30.6 Å². The van der Waals surface area contributed by atoms with Crippen molar-refractivity contribution < 1.29 is 9.90 Å². The van der Waals surface area contributed by atoms with Crippen LogP contribution in [0.3, 0.4) is 0 Å². The highest BCUT2D eigenvalue weighted by atomic mass is 35.5. The van der Waals surface area contributed by atoms with E-state index in [-0.39, 0.29) is 5.69 Å². The van der Waals surface area contributed by atoms with E-state index in [1.54, 1.807) is 0 Å². The summed E-state index contributed by atoms with van der Waals surface area (Å²) in [6.45, 7) is 2.10. The fraction of sp³-hybridized carbons (Fsp3) is 0.312. The number of benzene rings is 1. The molecule has 0 aliphatic carbocycles. The summed E-state index contributed by atoms with van der Waals surface area (Å²) in [6, 6.07) is 7.22. The van der Waals surface area contributed by atoms with Crippen molar-refractivity contribution in [3.63, 3.8) is 0 Å². The summed E-state index contributed by atoms with van der Waals surface area (Å²) in [4.78, 5) is 18.8. The molecule has 1 aliphatic rings. The van der Waals surface area contributed by atoms with Crippen molar-refractivity contribution in [2.75, 3.05) is 13.1 Å². The molecule has 1 unspecified atom stereocenters. The molecule has 0 bridgehead atoms. The smallest absolute Gasteiger partial charge is 0.354 e. The van der Waals surface area contributed by atoms with Gasteiger partial charge in [-0.2, -0.15) is 0 Å². The zero-order chi connectivity index (χ0) is 15.5. The second-order valence-corrected chi connectivity index (χ2v) is 5.87. The van der Waals surface area contributed by atoms with Gasteiger partial charge in [-0.05, 0) is 49.5 Å². The number of hydrogen-bond donors (Lipinski definition) is 2. The molecule has 22 heavy (non-hydrogen) atoms. The Bertz CT molecular complexity index is 700. The topological polar surface area (TPSA) is 75.1 Å². The molecule has 1 fully saturated rings. The highest BCUT2D eigenvalue weighted by Gasteiger charge is 2.17. The zero-order valence-corrected chi connectivity index (χ0v) is 12.7. The maximum atomic E-state index is 11.0. The maximum Gasteiger partial charge on any atom is 0.354 e. The van der Waals surface area contributed by atoms with Crippen LogP contribution in [0.2, 0.25) is 5.02 Å². The number of halogens is 1. The first-order chi connectivity index (χ1) is 10.6. The van der Waals surface area contributed by atoms with Crippen LogP contribution < -0.4 is 5.32 Å². The molecule has 5 nitrogen and oxygen atoms in total. The maximum absolute atomic E-state index is 11.0. The monoisotopic (exact) mass is 317 g/mol. The van der Waals surface area contributed by atoms with Gasteiger partial charge in [-0.15, -0.1) is 0 Å². The fourth-order valence-electron chi connectivity index (χ4n) is 2.70. The molecule has 0 spiro atoms. The molecule has 3 rings (SSSR count). The molecular weight excluding hydrogens is 302 g/mol. The van der Waals surface area contributed by atoms with Crippen LogP contribution >= 0.6 is 11.6 Å². The number of aromatic nitrogens is 2.